The molecule has 1 aliphatic carbocycles. The number of aliphatic hydroxyl groups is 1. The van der Waals surface area contributed by atoms with Crippen LogP contribution in [0.4, 0.5) is 0 Å². The van der Waals surface area contributed by atoms with Crippen molar-refractivity contribution in [3.8, 4) is 0 Å². The molecule has 0 bridgehead atoms. The Balaban J connectivity index is 2.29. The van der Waals surface area contributed by atoms with Crippen LogP contribution in [0.25, 0.3) is 0 Å². The van der Waals surface area contributed by atoms with Crippen molar-refractivity contribution in [3.05, 3.63) is 0 Å². The maximum Gasteiger partial charge on any atom is 0.220 e. The number of rotatable bonds is 2. The predicted molar refractivity (Wildman–Crippen MR) is 28.0 cm³/mol. The van der Waals surface area contributed by atoms with Gasteiger partial charge < -0.3 is 10.8 Å². The Bertz CT molecular complexity index is 118. The molecular formula is C5H9NO2. The van der Waals surface area contributed by atoms with Gasteiger partial charge in [-0.25, -0.2) is 0 Å². The third-order valence-corrected chi connectivity index (χ3v) is 1.33. The van der Waals surface area contributed by atoms with E-state index in [0.29, 0.717) is 0 Å². The molecule has 0 radical (unpaired) electrons. The average molecular weight is 115 g/mol. The number of carbonyl (C=O) groups excluding carboxylic acids is 1. The molecule has 1 amide bonds. The molecule has 3 heteroatoms. The fourth-order valence-corrected chi connectivity index (χ4v) is 0.645. The highest BCUT2D eigenvalue weighted by Crippen LogP contribution is 2.37. The van der Waals surface area contributed by atoms with Gasteiger partial charge in [-0.15, -0.1) is 0 Å². The van der Waals surface area contributed by atoms with Crippen LogP contribution in [0.1, 0.15) is 19.3 Å². The van der Waals surface area contributed by atoms with Crippen molar-refractivity contribution in [1.29, 1.82) is 0 Å². The van der Waals surface area contributed by atoms with E-state index in [2.05, 4.69) is 0 Å². The molecular weight excluding hydrogens is 106 g/mol. The van der Waals surface area contributed by atoms with Crippen molar-refractivity contribution in [2.75, 3.05) is 0 Å². The van der Waals surface area contributed by atoms with Gasteiger partial charge >= 0.3 is 0 Å². The standard InChI is InChI=1S/C5H9NO2/c6-4(7)3-5(8)1-2-5/h8H,1-3H2,(H2,6,7). The van der Waals surface area contributed by atoms with Crippen LogP contribution in [0.2, 0.25) is 0 Å². The number of hydrogen-bond acceptors (Lipinski definition) is 2. The number of carbonyl (C=O) groups is 1. The third kappa shape index (κ3) is 1.20. The second-order valence-corrected chi connectivity index (χ2v) is 2.37. The number of nitrogens with two attached hydrogens (primary N) is 1. The second-order valence-electron chi connectivity index (χ2n) is 2.37. The summed E-state index contributed by atoms with van der Waals surface area (Å²) in [6.07, 6.45) is 1.60. The van der Waals surface area contributed by atoms with E-state index < -0.39 is 11.5 Å². The summed E-state index contributed by atoms with van der Waals surface area (Å²) >= 11 is 0. The number of primary amides is 1. The molecule has 46 valence electrons. The minimum atomic E-state index is -0.703. The van der Waals surface area contributed by atoms with E-state index in [4.69, 9.17) is 10.8 Å². The van der Waals surface area contributed by atoms with Crippen LogP contribution < -0.4 is 5.73 Å². The molecule has 8 heavy (non-hydrogen) atoms. The molecule has 1 saturated carbocycles. The van der Waals surface area contributed by atoms with E-state index in [1.165, 1.54) is 0 Å². The third-order valence-electron chi connectivity index (χ3n) is 1.33. The zero-order valence-electron chi connectivity index (χ0n) is 4.55. The fourth-order valence-electron chi connectivity index (χ4n) is 0.645. The lowest BCUT2D eigenvalue weighted by molar-refractivity contribution is -0.120. The minimum Gasteiger partial charge on any atom is -0.389 e. The molecule has 0 spiro atoms. The first-order valence-corrected chi connectivity index (χ1v) is 2.63. The molecule has 1 rings (SSSR count). The molecule has 0 aromatic carbocycles. The first kappa shape index (κ1) is 5.56. The average Bonchev–Trinajstić information content (AvgIpc) is 2.17. The van der Waals surface area contributed by atoms with Gasteiger partial charge in [0, 0.05) is 0 Å². The normalized spacial score (nSPS) is 22.6. The molecule has 0 atom stereocenters. The Kier molecular flexibility index (Phi) is 1.01. The predicted octanol–water partition coefficient (Wildman–Crippen LogP) is -0.613. The van der Waals surface area contributed by atoms with Gasteiger partial charge in [0.05, 0.1) is 12.0 Å². The zero-order chi connectivity index (χ0) is 6.20. The van der Waals surface area contributed by atoms with Gasteiger partial charge in [0.15, 0.2) is 0 Å². The van der Waals surface area contributed by atoms with E-state index in [0.717, 1.165) is 12.8 Å². The molecule has 3 nitrogen and oxygen atoms in total. The summed E-state index contributed by atoms with van der Waals surface area (Å²) in [6, 6.07) is 0. The molecule has 1 fully saturated rings. The molecule has 0 heterocycles. The van der Waals surface area contributed by atoms with E-state index in [1.807, 2.05) is 0 Å². The summed E-state index contributed by atoms with van der Waals surface area (Å²) in [7, 11) is 0. The molecule has 1 aliphatic rings. The lowest BCUT2D eigenvalue weighted by atomic mass is 10.2. The van der Waals surface area contributed by atoms with Crippen molar-refractivity contribution < 1.29 is 9.90 Å². The smallest absolute Gasteiger partial charge is 0.220 e. The van der Waals surface area contributed by atoms with Gasteiger partial charge in [0.1, 0.15) is 0 Å². The van der Waals surface area contributed by atoms with E-state index in [1.54, 1.807) is 0 Å². The fraction of sp³-hybridized carbons (Fsp3) is 0.800. The Hall–Kier alpha value is -0.570. The zero-order valence-corrected chi connectivity index (χ0v) is 4.55. The van der Waals surface area contributed by atoms with Gasteiger partial charge in [-0.1, -0.05) is 0 Å². The highest BCUT2D eigenvalue weighted by molar-refractivity contribution is 5.75. The highest BCUT2D eigenvalue weighted by Gasteiger charge is 2.41. The van der Waals surface area contributed by atoms with Crippen LogP contribution in [-0.4, -0.2) is 16.6 Å². The van der Waals surface area contributed by atoms with E-state index in [9.17, 15) is 4.79 Å². The van der Waals surface area contributed by atoms with Crippen molar-refractivity contribution in [3.63, 3.8) is 0 Å². The lowest BCUT2D eigenvalue weighted by Crippen LogP contribution is -2.20. The van der Waals surface area contributed by atoms with Gasteiger partial charge in [-0.3, -0.25) is 4.79 Å². The van der Waals surface area contributed by atoms with Crippen LogP contribution in [0.3, 0.4) is 0 Å². The highest BCUT2D eigenvalue weighted by atomic mass is 16.3. The van der Waals surface area contributed by atoms with Crippen molar-refractivity contribution in [2.24, 2.45) is 5.73 Å². The summed E-state index contributed by atoms with van der Waals surface area (Å²) in [4.78, 5) is 10.1. The largest absolute Gasteiger partial charge is 0.389 e. The SMILES string of the molecule is NC(=O)CC1(O)CC1. The first-order valence-electron chi connectivity index (χ1n) is 2.63. The summed E-state index contributed by atoms with van der Waals surface area (Å²) in [5.41, 5.74) is 4.12. The Morgan fingerprint density at radius 2 is 2.25 bits per heavy atom. The summed E-state index contributed by atoms with van der Waals surface area (Å²) in [6.45, 7) is 0. The summed E-state index contributed by atoms with van der Waals surface area (Å²) in [5.74, 6) is -0.412. The van der Waals surface area contributed by atoms with Crippen molar-refractivity contribution in [2.45, 2.75) is 24.9 Å². The molecule has 0 unspecified atom stereocenters. The van der Waals surface area contributed by atoms with Crippen LogP contribution in [-0.2, 0) is 4.79 Å². The van der Waals surface area contributed by atoms with Crippen LogP contribution in [0.5, 0.6) is 0 Å². The summed E-state index contributed by atoms with van der Waals surface area (Å²) in [5, 5.41) is 9.00. The number of hydrogen-bond donors (Lipinski definition) is 2. The summed E-state index contributed by atoms with van der Waals surface area (Å²) < 4.78 is 0. The van der Waals surface area contributed by atoms with Gasteiger partial charge in [0.2, 0.25) is 5.91 Å². The Labute approximate surface area is 47.5 Å². The van der Waals surface area contributed by atoms with Gasteiger partial charge in [-0.05, 0) is 12.8 Å². The van der Waals surface area contributed by atoms with Crippen molar-refractivity contribution >= 4 is 5.91 Å². The maximum atomic E-state index is 10.1. The first-order chi connectivity index (χ1) is 3.62. The molecule has 3 N–H and O–H groups in total. The van der Waals surface area contributed by atoms with Crippen LogP contribution in [0.15, 0.2) is 0 Å². The minimum absolute atomic E-state index is 0.132. The monoisotopic (exact) mass is 115 g/mol. The van der Waals surface area contributed by atoms with E-state index in [-0.39, 0.29) is 6.42 Å². The van der Waals surface area contributed by atoms with Crippen molar-refractivity contribution in [1.82, 2.24) is 0 Å². The number of amides is 1. The van der Waals surface area contributed by atoms with Gasteiger partial charge in [0.25, 0.3) is 0 Å². The molecule has 0 aromatic heterocycles. The maximum absolute atomic E-state index is 10.1. The quantitative estimate of drug-likeness (QED) is 0.504. The van der Waals surface area contributed by atoms with Crippen LogP contribution in [0, 0.1) is 0 Å². The lowest BCUT2D eigenvalue weighted by Gasteiger charge is -2.00. The molecule has 0 aromatic rings. The van der Waals surface area contributed by atoms with Crippen LogP contribution >= 0.6 is 0 Å². The second kappa shape index (κ2) is 1.45. The molecule has 0 aliphatic heterocycles. The van der Waals surface area contributed by atoms with E-state index >= 15 is 0 Å². The Morgan fingerprint density at radius 3 is 2.38 bits per heavy atom. The molecule has 0 saturated heterocycles. The topological polar surface area (TPSA) is 63.3 Å². The Morgan fingerprint density at radius 1 is 1.75 bits per heavy atom. The van der Waals surface area contributed by atoms with Gasteiger partial charge in [-0.2, -0.15) is 0 Å².